The Morgan fingerprint density at radius 1 is 1.17 bits per heavy atom. The Bertz CT molecular complexity index is 583. The van der Waals surface area contributed by atoms with Crippen LogP contribution >= 0.6 is 27.5 Å². The van der Waals surface area contributed by atoms with Crippen molar-refractivity contribution in [3.05, 3.63) is 63.3 Å². The normalized spacial score (nSPS) is 10.2. The zero-order valence-electron chi connectivity index (χ0n) is 9.08. The second-order valence-corrected chi connectivity index (χ2v) is 4.79. The van der Waals surface area contributed by atoms with E-state index in [0.29, 0.717) is 10.0 Å². The third-order valence-corrected chi connectivity index (χ3v) is 3.33. The van der Waals surface area contributed by atoms with Crippen molar-refractivity contribution in [2.75, 3.05) is 5.32 Å². The summed E-state index contributed by atoms with van der Waals surface area (Å²) in [7, 11) is 0. The highest BCUT2D eigenvalue weighted by Crippen LogP contribution is 2.26. The lowest BCUT2D eigenvalue weighted by molar-refractivity contribution is 0.102. The second-order valence-electron chi connectivity index (χ2n) is 3.53. The van der Waals surface area contributed by atoms with E-state index in [0.717, 1.165) is 0 Å². The molecule has 0 aromatic heterocycles. The molecule has 2 aromatic carbocycles. The number of hydrogen-bond donors (Lipinski definition) is 1. The van der Waals surface area contributed by atoms with Crippen LogP contribution in [0, 0.1) is 5.82 Å². The monoisotopic (exact) mass is 327 g/mol. The first kappa shape index (κ1) is 13.1. The van der Waals surface area contributed by atoms with E-state index in [1.54, 1.807) is 24.3 Å². The number of amides is 1. The highest BCUT2D eigenvalue weighted by atomic mass is 79.9. The van der Waals surface area contributed by atoms with Gasteiger partial charge >= 0.3 is 0 Å². The average Bonchev–Trinajstić information content (AvgIpc) is 2.34. The van der Waals surface area contributed by atoms with Gasteiger partial charge in [-0.25, -0.2) is 4.39 Å². The van der Waals surface area contributed by atoms with E-state index in [9.17, 15) is 9.18 Å². The molecule has 0 radical (unpaired) electrons. The minimum absolute atomic E-state index is 0.0140. The molecule has 0 unspecified atom stereocenters. The molecule has 92 valence electrons. The number of nitrogens with one attached hydrogen (secondary N) is 1. The van der Waals surface area contributed by atoms with Crippen molar-refractivity contribution < 1.29 is 9.18 Å². The maximum atomic E-state index is 13.5. The molecule has 2 nitrogen and oxygen atoms in total. The van der Waals surface area contributed by atoms with Crippen LogP contribution in [0.1, 0.15) is 10.4 Å². The van der Waals surface area contributed by atoms with E-state index in [4.69, 9.17) is 11.6 Å². The van der Waals surface area contributed by atoms with Crippen LogP contribution in [-0.4, -0.2) is 5.91 Å². The molecule has 0 atom stereocenters. The summed E-state index contributed by atoms with van der Waals surface area (Å²) in [5, 5.41) is 2.62. The predicted molar refractivity (Wildman–Crippen MR) is 73.5 cm³/mol. The number of rotatable bonds is 2. The van der Waals surface area contributed by atoms with Crippen molar-refractivity contribution in [2.24, 2.45) is 0 Å². The van der Waals surface area contributed by atoms with Gasteiger partial charge in [-0.1, -0.05) is 29.8 Å². The molecule has 0 saturated heterocycles. The molecule has 0 aliphatic carbocycles. The molecule has 0 bridgehead atoms. The summed E-state index contributed by atoms with van der Waals surface area (Å²) in [5.74, 6) is -0.989. The summed E-state index contributed by atoms with van der Waals surface area (Å²) in [6.45, 7) is 0. The van der Waals surface area contributed by atoms with Crippen molar-refractivity contribution in [3.8, 4) is 0 Å². The smallest absolute Gasteiger partial charge is 0.256 e. The molecule has 0 aliphatic rings. The second kappa shape index (κ2) is 5.50. The van der Waals surface area contributed by atoms with Crippen molar-refractivity contribution in [1.29, 1.82) is 0 Å². The molecular weight excluding hydrogens is 321 g/mol. The Balaban J connectivity index is 2.30. The molecule has 2 rings (SSSR count). The molecule has 5 heteroatoms. The van der Waals surface area contributed by atoms with Gasteiger partial charge in [0, 0.05) is 4.47 Å². The first-order valence-corrected chi connectivity index (χ1v) is 6.26. The fourth-order valence-electron chi connectivity index (χ4n) is 1.44. The molecule has 0 saturated carbocycles. The quantitative estimate of drug-likeness (QED) is 0.864. The number of benzene rings is 2. The zero-order chi connectivity index (χ0) is 13.1. The summed E-state index contributed by atoms with van der Waals surface area (Å²) in [4.78, 5) is 12.0. The van der Waals surface area contributed by atoms with E-state index >= 15 is 0 Å². The van der Waals surface area contributed by atoms with Crippen LogP contribution < -0.4 is 5.32 Å². The lowest BCUT2D eigenvalue weighted by atomic mass is 10.2. The van der Waals surface area contributed by atoms with Crippen LogP contribution in [0.3, 0.4) is 0 Å². The van der Waals surface area contributed by atoms with Gasteiger partial charge in [0.15, 0.2) is 0 Å². The van der Waals surface area contributed by atoms with Gasteiger partial charge in [-0.05, 0) is 40.2 Å². The third-order valence-electron chi connectivity index (χ3n) is 2.32. The lowest BCUT2D eigenvalue weighted by Gasteiger charge is -2.09. The number of halogens is 3. The molecule has 0 spiro atoms. The molecule has 1 N–H and O–H groups in total. The average molecular weight is 329 g/mol. The largest absolute Gasteiger partial charge is 0.318 e. The number of carbonyl (C=O) groups excluding carboxylic acids is 1. The van der Waals surface area contributed by atoms with Crippen LogP contribution in [-0.2, 0) is 0 Å². The standard InChI is InChI=1S/C13H8BrClFNO/c14-9-5-2-1-4-8(9)13(18)17-12-10(15)6-3-7-11(12)16/h1-7H,(H,17,18). The van der Waals surface area contributed by atoms with Gasteiger partial charge in [0.1, 0.15) is 5.82 Å². The summed E-state index contributed by atoms with van der Waals surface area (Å²) in [6.07, 6.45) is 0. The SMILES string of the molecule is O=C(Nc1c(F)cccc1Cl)c1ccccc1Br. The van der Waals surface area contributed by atoms with Crippen LogP contribution in [0.25, 0.3) is 0 Å². The molecule has 2 aromatic rings. The fourth-order valence-corrected chi connectivity index (χ4v) is 2.12. The van der Waals surface area contributed by atoms with Gasteiger partial charge in [-0.3, -0.25) is 4.79 Å². The Labute approximate surface area is 117 Å². The Hall–Kier alpha value is -1.39. The maximum absolute atomic E-state index is 13.5. The van der Waals surface area contributed by atoms with E-state index in [-0.39, 0.29) is 10.7 Å². The van der Waals surface area contributed by atoms with Crippen molar-refractivity contribution >= 4 is 39.1 Å². The number of para-hydroxylation sites is 1. The van der Waals surface area contributed by atoms with Crippen molar-refractivity contribution in [2.45, 2.75) is 0 Å². The minimum Gasteiger partial charge on any atom is -0.318 e. The highest BCUT2D eigenvalue weighted by Gasteiger charge is 2.13. The molecule has 0 heterocycles. The van der Waals surface area contributed by atoms with Crippen LogP contribution in [0.5, 0.6) is 0 Å². The number of anilines is 1. The Morgan fingerprint density at radius 3 is 2.56 bits per heavy atom. The van der Waals surface area contributed by atoms with Gasteiger partial charge in [-0.15, -0.1) is 0 Å². The molecule has 1 amide bonds. The van der Waals surface area contributed by atoms with Gasteiger partial charge in [0.05, 0.1) is 16.3 Å². The zero-order valence-corrected chi connectivity index (χ0v) is 11.4. The first-order chi connectivity index (χ1) is 8.59. The van der Waals surface area contributed by atoms with Crippen molar-refractivity contribution in [3.63, 3.8) is 0 Å². The van der Waals surface area contributed by atoms with Crippen molar-refractivity contribution in [1.82, 2.24) is 0 Å². The van der Waals surface area contributed by atoms with Gasteiger partial charge < -0.3 is 5.32 Å². The molecule has 18 heavy (non-hydrogen) atoms. The van der Waals surface area contributed by atoms with E-state index < -0.39 is 11.7 Å². The van der Waals surface area contributed by atoms with E-state index in [2.05, 4.69) is 21.2 Å². The van der Waals surface area contributed by atoms with Crippen LogP contribution in [0.15, 0.2) is 46.9 Å². The summed E-state index contributed by atoms with van der Waals surface area (Å²) < 4.78 is 14.2. The summed E-state index contributed by atoms with van der Waals surface area (Å²) >= 11 is 9.09. The van der Waals surface area contributed by atoms with E-state index in [1.165, 1.54) is 18.2 Å². The molecule has 0 fully saturated rings. The third kappa shape index (κ3) is 2.71. The van der Waals surface area contributed by atoms with Gasteiger partial charge in [0.2, 0.25) is 0 Å². The van der Waals surface area contributed by atoms with Crippen LogP contribution in [0.4, 0.5) is 10.1 Å². The Morgan fingerprint density at radius 2 is 1.89 bits per heavy atom. The van der Waals surface area contributed by atoms with Gasteiger partial charge in [-0.2, -0.15) is 0 Å². The Kier molecular flexibility index (Phi) is 3.99. The van der Waals surface area contributed by atoms with Crippen LogP contribution in [0.2, 0.25) is 5.02 Å². The predicted octanol–water partition coefficient (Wildman–Crippen LogP) is 4.49. The molecular formula is C13H8BrClFNO. The number of hydrogen-bond acceptors (Lipinski definition) is 1. The first-order valence-electron chi connectivity index (χ1n) is 5.09. The maximum Gasteiger partial charge on any atom is 0.256 e. The van der Waals surface area contributed by atoms with Gasteiger partial charge in [0.25, 0.3) is 5.91 Å². The summed E-state index contributed by atoms with van der Waals surface area (Å²) in [6, 6.07) is 11.1. The van der Waals surface area contributed by atoms with E-state index in [1.807, 2.05) is 0 Å². The molecule has 0 aliphatic heterocycles. The number of carbonyl (C=O) groups is 1. The minimum atomic E-state index is -0.567. The lowest BCUT2D eigenvalue weighted by Crippen LogP contribution is -2.13. The topological polar surface area (TPSA) is 29.1 Å². The highest BCUT2D eigenvalue weighted by molar-refractivity contribution is 9.10. The summed E-state index contributed by atoms with van der Waals surface area (Å²) in [5.41, 5.74) is 0.400. The fraction of sp³-hybridized carbons (Fsp3) is 0.